The van der Waals surface area contributed by atoms with Crippen molar-refractivity contribution >= 4 is 29.3 Å². The molecule has 0 spiro atoms. The lowest BCUT2D eigenvalue weighted by Gasteiger charge is -2.27. The molecule has 0 saturated carbocycles. The Morgan fingerprint density at radius 3 is 2.89 bits per heavy atom. The van der Waals surface area contributed by atoms with E-state index in [1.807, 2.05) is 11.0 Å². The van der Waals surface area contributed by atoms with E-state index in [9.17, 15) is 14.4 Å². The maximum absolute atomic E-state index is 12.3. The third kappa shape index (κ3) is 3.59. The van der Waals surface area contributed by atoms with Crippen molar-refractivity contribution in [3.05, 3.63) is 53.7 Å². The van der Waals surface area contributed by atoms with E-state index >= 15 is 0 Å². The molecule has 1 saturated heterocycles. The molecule has 138 valence electrons. The second-order valence-corrected chi connectivity index (χ2v) is 6.41. The summed E-state index contributed by atoms with van der Waals surface area (Å²) in [6.07, 6.45) is 1.01. The van der Waals surface area contributed by atoms with E-state index in [1.54, 1.807) is 36.5 Å². The number of aromatic nitrogens is 1. The van der Waals surface area contributed by atoms with Gasteiger partial charge in [0, 0.05) is 18.7 Å². The first-order valence-electron chi connectivity index (χ1n) is 8.67. The summed E-state index contributed by atoms with van der Waals surface area (Å²) in [7, 11) is 0. The Labute approximate surface area is 155 Å². The molecule has 2 amide bonds. The number of hydrogen-bond acceptors (Lipinski definition) is 6. The first-order chi connectivity index (χ1) is 13.1. The molecular weight excluding hydrogens is 348 g/mol. The van der Waals surface area contributed by atoms with Crippen molar-refractivity contribution in [1.82, 2.24) is 10.3 Å². The third-order valence-electron chi connectivity index (χ3n) is 4.54. The monoisotopic (exact) mass is 366 g/mol. The fourth-order valence-electron chi connectivity index (χ4n) is 3.23. The lowest BCUT2D eigenvalue weighted by Crippen LogP contribution is -2.48. The molecule has 8 nitrogen and oxygen atoms in total. The van der Waals surface area contributed by atoms with Gasteiger partial charge in [-0.1, -0.05) is 18.2 Å². The van der Waals surface area contributed by atoms with Crippen molar-refractivity contribution in [2.75, 3.05) is 29.9 Å². The number of nitrogens with zero attached hydrogens (tertiary/aromatic N) is 2. The summed E-state index contributed by atoms with van der Waals surface area (Å²) in [4.78, 5) is 41.8. The number of carbonyl (C=O) groups excluding carboxylic acids is 3. The summed E-state index contributed by atoms with van der Waals surface area (Å²) >= 11 is 0. The summed E-state index contributed by atoms with van der Waals surface area (Å²) in [6, 6.07) is 10.6. The minimum atomic E-state index is -0.576. The molecule has 2 aliphatic heterocycles. The van der Waals surface area contributed by atoms with E-state index < -0.39 is 12.1 Å². The molecule has 3 heterocycles. The maximum atomic E-state index is 12.3. The van der Waals surface area contributed by atoms with Gasteiger partial charge in [-0.05, 0) is 18.2 Å². The molecule has 1 aromatic carbocycles. The van der Waals surface area contributed by atoms with Crippen LogP contribution in [0.4, 0.5) is 11.5 Å². The highest BCUT2D eigenvalue weighted by atomic mass is 16.5. The molecule has 1 atom stereocenters. The second-order valence-electron chi connectivity index (χ2n) is 6.41. The molecule has 2 aromatic rings. The van der Waals surface area contributed by atoms with Gasteiger partial charge in [-0.25, -0.2) is 9.78 Å². The van der Waals surface area contributed by atoms with Gasteiger partial charge in [-0.2, -0.15) is 0 Å². The van der Waals surface area contributed by atoms with Gasteiger partial charge in [0.25, 0.3) is 0 Å². The molecule has 4 rings (SSSR count). The molecule has 0 aliphatic carbocycles. The van der Waals surface area contributed by atoms with Crippen LogP contribution < -0.4 is 15.5 Å². The molecule has 0 bridgehead atoms. The topological polar surface area (TPSA) is 101 Å². The van der Waals surface area contributed by atoms with Crippen LogP contribution in [-0.4, -0.2) is 42.4 Å². The lowest BCUT2D eigenvalue weighted by molar-refractivity contribution is -0.120. The van der Waals surface area contributed by atoms with E-state index in [2.05, 4.69) is 15.6 Å². The molecule has 1 fully saturated rings. The minimum absolute atomic E-state index is 0.0354. The van der Waals surface area contributed by atoms with Crippen LogP contribution in [0, 0.1) is 0 Å². The summed E-state index contributed by atoms with van der Waals surface area (Å²) in [5.74, 6) is -0.0234. The van der Waals surface area contributed by atoms with Gasteiger partial charge in [0.05, 0.1) is 30.4 Å². The fraction of sp³-hybridized carbons (Fsp3) is 0.263. The van der Waals surface area contributed by atoms with Crippen LogP contribution in [0.15, 0.2) is 42.6 Å². The number of rotatable bonds is 4. The van der Waals surface area contributed by atoms with Crippen LogP contribution in [0.2, 0.25) is 0 Å². The number of carbonyl (C=O) groups is 3. The molecule has 27 heavy (non-hydrogen) atoms. The Morgan fingerprint density at radius 2 is 2.11 bits per heavy atom. The number of cyclic esters (lactones) is 1. The summed E-state index contributed by atoms with van der Waals surface area (Å²) in [6.45, 7) is 1.54. The summed E-state index contributed by atoms with van der Waals surface area (Å²) < 4.78 is 5.29. The van der Waals surface area contributed by atoms with Gasteiger partial charge in [0.1, 0.15) is 11.9 Å². The molecule has 2 aliphatic rings. The predicted octanol–water partition coefficient (Wildman–Crippen LogP) is 1.26. The fourth-order valence-corrected chi connectivity index (χ4v) is 3.23. The van der Waals surface area contributed by atoms with Crippen LogP contribution >= 0.6 is 0 Å². The smallest absolute Gasteiger partial charge is 0.339 e. The zero-order valence-corrected chi connectivity index (χ0v) is 14.5. The highest BCUT2D eigenvalue weighted by molar-refractivity contribution is 5.96. The number of piperazine rings is 1. The van der Waals surface area contributed by atoms with Crippen molar-refractivity contribution in [3.8, 4) is 0 Å². The van der Waals surface area contributed by atoms with Gasteiger partial charge in [0.2, 0.25) is 11.8 Å². The third-order valence-corrected chi connectivity index (χ3v) is 4.54. The Hall–Kier alpha value is -3.42. The minimum Gasteiger partial charge on any atom is -0.453 e. The molecule has 1 aromatic heterocycles. The highest BCUT2D eigenvalue weighted by Gasteiger charge is 2.32. The molecule has 8 heteroatoms. The van der Waals surface area contributed by atoms with Crippen LogP contribution in [0.5, 0.6) is 0 Å². The highest BCUT2D eigenvalue weighted by Crippen LogP contribution is 2.32. The quantitative estimate of drug-likeness (QED) is 0.790. The van der Waals surface area contributed by atoms with Crippen molar-refractivity contribution in [2.24, 2.45) is 0 Å². The summed E-state index contributed by atoms with van der Waals surface area (Å²) in [5.41, 5.74) is 1.78. The van der Waals surface area contributed by atoms with Crippen LogP contribution in [0.3, 0.4) is 0 Å². The maximum Gasteiger partial charge on any atom is 0.339 e. The lowest BCUT2D eigenvalue weighted by atomic mass is 10.0. The average Bonchev–Trinajstić information content (AvgIpc) is 2.98. The standard InChI is InChI=1S/C19H18N4O4/c24-17(9-15-13-3-1-2-4-14(13)19(26)27-15)22-12-5-6-16(21-10-12)23-8-7-20-18(25)11-23/h1-6,10,15H,7-9,11H2,(H,20,25)(H,22,24). The normalized spacial score (nSPS) is 18.5. The largest absolute Gasteiger partial charge is 0.453 e. The Bertz CT molecular complexity index is 897. The van der Waals surface area contributed by atoms with Gasteiger partial charge in [-0.15, -0.1) is 0 Å². The SMILES string of the molecule is O=C1CN(c2ccc(NC(=O)CC3OC(=O)c4ccccc43)cn2)CCN1. The molecular formula is C19H18N4O4. The number of nitrogens with one attached hydrogen (secondary N) is 2. The van der Waals surface area contributed by atoms with Gasteiger partial charge in [0.15, 0.2) is 0 Å². The number of fused-ring (bicyclic) bond motifs is 1. The predicted molar refractivity (Wildman–Crippen MR) is 97.3 cm³/mol. The first kappa shape index (κ1) is 17.0. The van der Waals surface area contributed by atoms with E-state index in [0.29, 0.717) is 30.2 Å². The van der Waals surface area contributed by atoms with Crippen LogP contribution in [0.1, 0.15) is 28.4 Å². The van der Waals surface area contributed by atoms with Crippen molar-refractivity contribution < 1.29 is 19.1 Å². The van der Waals surface area contributed by atoms with E-state index in [-0.39, 0.29) is 24.8 Å². The van der Waals surface area contributed by atoms with Crippen molar-refractivity contribution in [1.29, 1.82) is 0 Å². The number of pyridine rings is 1. The Balaban J connectivity index is 1.37. The van der Waals surface area contributed by atoms with E-state index in [1.165, 1.54) is 0 Å². The number of esters is 1. The number of benzene rings is 1. The van der Waals surface area contributed by atoms with Crippen LogP contribution in [0.25, 0.3) is 0 Å². The zero-order valence-electron chi connectivity index (χ0n) is 14.5. The van der Waals surface area contributed by atoms with Gasteiger partial charge >= 0.3 is 5.97 Å². The molecule has 2 N–H and O–H groups in total. The van der Waals surface area contributed by atoms with Gasteiger partial charge in [-0.3, -0.25) is 9.59 Å². The van der Waals surface area contributed by atoms with Crippen LogP contribution in [-0.2, 0) is 14.3 Å². The number of amides is 2. The van der Waals surface area contributed by atoms with Gasteiger partial charge < -0.3 is 20.3 Å². The Morgan fingerprint density at radius 1 is 1.26 bits per heavy atom. The number of ether oxygens (including phenoxy) is 1. The number of anilines is 2. The summed E-state index contributed by atoms with van der Waals surface area (Å²) in [5, 5.41) is 5.53. The van der Waals surface area contributed by atoms with E-state index in [4.69, 9.17) is 4.74 Å². The molecule has 0 radical (unpaired) electrons. The average molecular weight is 366 g/mol. The second kappa shape index (κ2) is 7.06. The van der Waals surface area contributed by atoms with Crippen molar-refractivity contribution in [2.45, 2.75) is 12.5 Å². The Kier molecular flexibility index (Phi) is 4.45. The zero-order chi connectivity index (χ0) is 18.8. The number of hydrogen-bond donors (Lipinski definition) is 2. The first-order valence-corrected chi connectivity index (χ1v) is 8.67. The van der Waals surface area contributed by atoms with Crippen molar-refractivity contribution in [3.63, 3.8) is 0 Å². The molecule has 1 unspecified atom stereocenters. The van der Waals surface area contributed by atoms with E-state index in [0.717, 1.165) is 5.56 Å².